The smallest absolute Gasteiger partial charge is 0.302 e. The number of rotatable bonds is 11. The molecule has 1 aliphatic rings. The molecule has 4 nitrogen and oxygen atoms in total. The van der Waals surface area contributed by atoms with Crippen LogP contribution in [0.15, 0.2) is 61.2 Å². The number of ether oxygens (including phenoxy) is 3. The Hall–Kier alpha value is -2.40. The molecule has 0 bridgehead atoms. The van der Waals surface area contributed by atoms with Crippen LogP contribution in [0.2, 0.25) is 5.02 Å². The number of carbonyl (C=O) groups excluding carboxylic acids is 1. The second kappa shape index (κ2) is 12.7. The van der Waals surface area contributed by atoms with Crippen molar-refractivity contribution in [3.63, 3.8) is 0 Å². The van der Waals surface area contributed by atoms with Crippen LogP contribution in [-0.2, 0) is 38.3 Å². The van der Waals surface area contributed by atoms with Gasteiger partial charge in [0.1, 0.15) is 12.7 Å². The molecule has 1 aliphatic heterocycles. The van der Waals surface area contributed by atoms with Gasteiger partial charge in [-0.2, -0.15) is 0 Å². The number of hydrogen-bond acceptors (Lipinski definition) is 4. The van der Waals surface area contributed by atoms with Crippen LogP contribution in [0.3, 0.4) is 0 Å². The number of aryl methyl sites for hydroxylation is 1. The summed E-state index contributed by atoms with van der Waals surface area (Å²) in [7, 11) is 0. The van der Waals surface area contributed by atoms with Gasteiger partial charge in [0.05, 0.1) is 19.3 Å². The van der Waals surface area contributed by atoms with Gasteiger partial charge in [0.15, 0.2) is 0 Å². The van der Waals surface area contributed by atoms with Gasteiger partial charge in [-0.3, -0.25) is 4.79 Å². The maximum absolute atomic E-state index is 11.2. The van der Waals surface area contributed by atoms with Crippen molar-refractivity contribution in [1.29, 1.82) is 0 Å². The van der Waals surface area contributed by atoms with Crippen LogP contribution >= 0.6 is 11.6 Å². The van der Waals surface area contributed by atoms with Crippen molar-refractivity contribution in [3.8, 4) is 0 Å². The highest BCUT2D eigenvalue weighted by molar-refractivity contribution is 6.31. The van der Waals surface area contributed by atoms with Crippen molar-refractivity contribution in [3.05, 3.63) is 94.0 Å². The van der Waals surface area contributed by atoms with Crippen molar-refractivity contribution < 1.29 is 19.0 Å². The van der Waals surface area contributed by atoms with E-state index in [9.17, 15) is 4.79 Å². The second-order valence-corrected chi connectivity index (χ2v) is 8.64. The third-order valence-electron chi connectivity index (χ3n) is 5.72. The molecule has 0 aromatic heterocycles. The van der Waals surface area contributed by atoms with E-state index in [0.29, 0.717) is 13.2 Å². The summed E-state index contributed by atoms with van der Waals surface area (Å²) in [6.45, 7) is 8.57. The zero-order valence-corrected chi connectivity index (χ0v) is 20.3. The van der Waals surface area contributed by atoms with E-state index in [2.05, 4.69) is 49.9 Å². The molecule has 0 aliphatic carbocycles. The largest absolute Gasteiger partial charge is 0.463 e. The van der Waals surface area contributed by atoms with Crippen LogP contribution < -0.4 is 0 Å². The average Bonchev–Trinajstić information content (AvgIpc) is 2.82. The number of carbonyl (C=O) groups is 1. The predicted molar refractivity (Wildman–Crippen MR) is 133 cm³/mol. The molecule has 0 amide bonds. The summed E-state index contributed by atoms with van der Waals surface area (Å²) in [6, 6.07) is 12.9. The lowest BCUT2D eigenvalue weighted by Crippen LogP contribution is -2.25. The summed E-state index contributed by atoms with van der Waals surface area (Å²) in [5.74, 6) is -0.308. The van der Waals surface area contributed by atoms with Gasteiger partial charge in [0.2, 0.25) is 0 Å². The van der Waals surface area contributed by atoms with E-state index in [1.54, 1.807) is 6.08 Å². The minimum Gasteiger partial charge on any atom is -0.463 e. The molecule has 5 heteroatoms. The van der Waals surface area contributed by atoms with Crippen LogP contribution in [0.4, 0.5) is 0 Å². The van der Waals surface area contributed by atoms with Crippen molar-refractivity contribution in [2.75, 3.05) is 19.8 Å². The monoisotopic (exact) mass is 468 g/mol. The summed E-state index contributed by atoms with van der Waals surface area (Å²) >= 11 is 6.73. The summed E-state index contributed by atoms with van der Waals surface area (Å²) in [5, 5.41) is 0.750. The van der Waals surface area contributed by atoms with Gasteiger partial charge in [0.25, 0.3) is 0 Å². The van der Waals surface area contributed by atoms with Gasteiger partial charge in [0, 0.05) is 11.9 Å². The maximum atomic E-state index is 11.2. The van der Waals surface area contributed by atoms with Crippen LogP contribution in [0.5, 0.6) is 0 Å². The highest BCUT2D eigenvalue weighted by Gasteiger charge is 2.24. The number of hydrogen-bond donors (Lipinski definition) is 0. The van der Waals surface area contributed by atoms with Gasteiger partial charge < -0.3 is 14.2 Å². The van der Waals surface area contributed by atoms with E-state index in [0.717, 1.165) is 47.4 Å². The Bertz CT molecular complexity index is 965. The fourth-order valence-corrected chi connectivity index (χ4v) is 4.21. The fourth-order valence-electron chi connectivity index (χ4n) is 3.95. The Morgan fingerprint density at radius 3 is 2.67 bits per heavy atom. The molecule has 0 N–H and O–H groups in total. The molecule has 1 heterocycles. The Kier molecular flexibility index (Phi) is 9.74. The van der Waals surface area contributed by atoms with E-state index in [4.69, 9.17) is 25.8 Å². The molecule has 0 saturated heterocycles. The minimum atomic E-state index is -0.308. The fraction of sp³-hybridized carbons (Fsp3) is 0.393. The third-order valence-corrected chi connectivity index (χ3v) is 6.08. The second-order valence-electron chi connectivity index (χ2n) is 8.23. The Labute approximate surface area is 202 Å². The Morgan fingerprint density at radius 1 is 1.21 bits per heavy atom. The van der Waals surface area contributed by atoms with Crippen molar-refractivity contribution in [2.45, 2.75) is 51.7 Å². The summed E-state index contributed by atoms with van der Waals surface area (Å²) in [5.41, 5.74) is 5.84. The normalized spacial score (nSPS) is 17.7. The van der Waals surface area contributed by atoms with Gasteiger partial charge in [-0.1, -0.05) is 67.1 Å². The molecule has 0 fully saturated rings. The minimum absolute atomic E-state index is 0.136. The van der Waals surface area contributed by atoms with Crippen molar-refractivity contribution >= 4 is 17.6 Å². The molecular weight excluding hydrogens is 436 g/mol. The first-order valence-corrected chi connectivity index (χ1v) is 11.9. The lowest BCUT2D eigenvalue weighted by molar-refractivity contribution is -0.145. The molecular formula is C28H33ClO4. The number of halogens is 1. The quantitative estimate of drug-likeness (QED) is 0.224. The van der Waals surface area contributed by atoms with Crippen molar-refractivity contribution in [1.82, 2.24) is 0 Å². The molecule has 0 saturated carbocycles. The SMILES string of the molecule is C=CCOCCc1cc(Cl)c(Cc2ccc(CC)cc2)cc1[C@@H]1CC=C[C@H](COC(C)=O)O1. The maximum Gasteiger partial charge on any atom is 0.302 e. The first-order chi connectivity index (χ1) is 16.0. The van der Waals surface area contributed by atoms with Crippen molar-refractivity contribution in [2.24, 2.45) is 0 Å². The molecule has 0 radical (unpaired) electrons. The van der Waals surface area contributed by atoms with Crippen LogP contribution in [0.1, 0.15) is 54.2 Å². The molecule has 2 atom stereocenters. The summed E-state index contributed by atoms with van der Waals surface area (Å²) in [4.78, 5) is 11.2. The molecule has 0 spiro atoms. The Balaban J connectivity index is 1.85. The predicted octanol–water partition coefficient (Wildman–Crippen LogP) is 6.19. The molecule has 3 rings (SSSR count). The number of benzene rings is 2. The highest BCUT2D eigenvalue weighted by atomic mass is 35.5. The van der Waals surface area contributed by atoms with E-state index in [-0.39, 0.29) is 24.8 Å². The summed E-state index contributed by atoms with van der Waals surface area (Å²) < 4.78 is 17.1. The molecule has 176 valence electrons. The van der Waals surface area contributed by atoms with E-state index in [1.165, 1.54) is 18.1 Å². The first kappa shape index (κ1) is 25.2. The van der Waals surface area contributed by atoms with E-state index >= 15 is 0 Å². The molecule has 0 unspecified atom stereocenters. The lowest BCUT2D eigenvalue weighted by Gasteiger charge is -2.28. The van der Waals surface area contributed by atoms with E-state index in [1.807, 2.05) is 12.1 Å². The highest BCUT2D eigenvalue weighted by Crippen LogP contribution is 2.34. The van der Waals surface area contributed by atoms with Gasteiger partial charge in [-0.25, -0.2) is 0 Å². The van der Waals surface area contributed by atoms with Crippen LogP contribution in [0.25, 0.3) is 0 Å². The summed E-state index contributed by atoms with van der Waals surface area (Å²) in [6.07, 6.45) is 8.65. The van der Waals surface area contributed by atoms with Gasteiger partial charge in [-0.05, 0) is 59.6 Å². The standard InChI is InChI=1S/C28H33ClO4/c1-4-14-31-15-13-23-18-27(29)24(16-22-11-9-21(5-2)10-12-22)17-26(23)28-8-6-7-25(33-28)19-32-20(3)30/h4,6-7,9-12,17-18,25,28H,1,5,8,13-16,19H2,2-3H3/t25-,28+/m1/s1. The third kappa shape index (κ3) is 7.56. The topological polar surface area (TPSA) is 44.8 Å². The Morgan fingerprint density at radius 2 is 1.97 bits per heavy atom. The molecule has 2 aromatic carbocycles. The zero-order valence-electron chi connectivity index (χ0n) is 19.5. The molecule has 33 heavy (non-hydrogen) atoms. The van der Waals surface area contributed by atoms with Gasteiger partial charge >= 0.3 is 5.97 Å². The van der Waals surface area contributed by atoms with Crippen LogP contribution in [-0.4, -0.2) is 31.9 Å². The lowest BCUT2D eigenvalue weighted by atomic mass is 9.92. The van der Waals surface area contributed by atoms with Gasteiger partial charge in [-0.15, -0.1) is 6.58 Å². The average molecular weight is 469 g/mol. The van der Waals surface area contributed by atoms with Crippen LogP contribution in [0, 0.1) is 0 Å². The first-order valence-electron chi connectivity index (χ1n) is 11.5. The number of esters is 1. The zero-order chi connectivity index (χ0) is 23.6. The van der Waals surface area contributed by atoms with E-state index < -0.39 is 0 Å². The molecule has 2 aromatic rings.